The molecule has 2 heterocycles. The van der Waals surface area contributed by atoms with Crippen LogP contribution in [0.15, 0.2) is 24.3 Å². The van der Waals surface area contributed by atoms with Crippen molar-refractivity contribution in [2.24, 2.45) is 0 Å². The normalized spacial score (nSPS) is 22.0. The maximum atomic E-state index is 12.8. The summed E-state index contributed by atoms with van der Waals surface area (Å²) in [5.74, 6) is -0.682. The predicted molar refractivity (Wildman–Crippen MR) is 102 cm³/mol. The van der Waals surface area contributed by atoms with E-state index in [1.165, 1.54) is 7.11 Å². The molecule has 1 N–H and O–H groups in total. The molecule has 2 saturated heterocycles. The van der Waals surface area contributed by atoms with Crippen LogP contribution < -0.4 is 5.32 Å². The van der Waals surface area contributed by atoms with Gasteiger partial charge in [-0.3, -0.25) is 4.90 Å². The number of esters is 1. The second kappa shape index (κ2) is 9.14. The molecule has 0 saturated carbocycles. The fraction of sp³-hybridized carbons (Fsp3) is 0.588. The standard InChI is InChI=1S/C17H25N3O4S.ClH/c1-24-17(21)16-5-3-2-4-14(16)13-25(22,23)20-9-6-15(12-20)19-10-7-18-8-11-19;/h2-5,15,18H,6-13H2,1H3;1H. The third-order valence-corrected chi connectivity index (χ3v) is 6.74. The Labute approximate surface area is 161 Å². The lowest BCUT2D eigenvalue weighted by atomic mass is 10.1. The highest BCUT2D eigenvalue weighted by Crippen LogP contribution is 2.23. The number of halogens is 1. The van der Waals surface area contributed by atoms with Crippen LogP contribution in [0.2, 0.25) is 0 Å². The number of carbonyl (C=O) groups is 1. The van der Waals surface area contributed by atoms with Gasteiger partial charge in [0, 0.05) is 45.3 Å². The van der Waals surface area contributed by atoms with Crippen molar-refractivity contribution in [3.8, 4) is 0 Å². The minimum Gasteiger partial charge on any atom is -0.465 e. The summed E-state index contributed by atoms with van der Waals surface area (Å²) in [4.78, 5) is 14.2. The zero-order valence-corrected chi connectivity index (χ0v) is 16.5. The van der Waals surface area contributed by atoms with Crippen LogP contribution in [0.4, 0.5) is 0 Å². The lowest BCUT2D eigenvalue weighted by molar-refractivity contribution is 0.0600. The van der Waals surface area contributed by atoms with Crippen LogP contribution in [0.3, 0.4) is 0 Å². The topological polar surface area (TPSA) is 79.0 Å². The molecule has 1 aromatic rings. The second-order valence-electron chi connectivity index (χ2n) is 6.49. The van der Waals surface area contributed by atoms with Gasteiger partial charge >= 0.3 is 5.97 Å². The summed E-state index contributed by atoms with van der Waals surface area (Å²) in [6, 6.07) is 7.01. The molecule has 2 aliphatic heterocycles. The van der Waals surface area contributed by atoms with Gasteiger partial charge in [0.25, 0.3) is 0 Å². The number of carbonyl (C=O) groups excluding carboxylic acids is 1. The van der Waals surface area contributed by atoms with Crippen molar-refractivity contribution >= 4 is 28.4 Å². The molecular formula is C17H26ClN3O4S. The Morgan fingerprint density at radius 1 is 1.23 bits per heavy atom. The van der Waals surface area contributed by atoms with Crippen LogP contribution in [0, 0.1) is 0 Å². The van der Waals surface area contributed by atoms with Gasteiger partial charge in [-0.2, -0.15) is 0 Å². The lowest BCUT2D eigenvalue weighted by Crippen LogP contribution is -2.49. The van der Waals surface area contributed by atoms with Crippen LogP contribution in [0.1, 0.15) is 22.3 Å². The highest BCUT2D eigenvalue weighted by atomic mass is 35.5. The van der Waals surface area contributed by atoms with Gasteiger partial charge in [-0.05, 0) is 18.1 Å². The Kier molecular flexibility index (Phi) is 7.42. The molecule has 3 rings (SSSR count). The van der Waals surface area contributed by atoms with Crippen molar-refractivity contribution in [3.63, 3.8) is 0 Å². The van der Waals surface area contributed by atoms with E-state index in [2.05, 4.69) is 10.2 Å². The van der Waals surface area contributed by atoms with E-state index in [1.54, 1.807) is 28.6 Å². The summed E-state index contributed by atoms with van der Waals surface area (Å²) >= 11 is 0. The van der Waals surface area contributed by atoms with E-state index in [9.17, 15) is 13.2 Å². The Morgan fingerprint density at radius 3 is 2.62 bits per heavy atom. The molecule has 0 spiro atoms. The number of benzene rings is 1. The molecule has 0 aliphatic carbocycles. The summed E-state index contributed by atoms with van der Waals surface area (Å²) < 4.78 is 32.0. The molecule has 0 bridgehead atoms. The van der Waals surface area contributed by atoms with Gasteiger partial charge in [0.1, 0.15) is 0 Å². The minimum atomic E-state index is -3.47. The Hall–Kier alpha value is -1.19. The molecular weight excluding hydrogens is 378 g/mol. The largest absolute Gasteiger partial charge is 0.465 e. The van der Waals surface area contributed by atoms with Gasteiger partial charge in [-0.25, -0.2) is 17.5 Å². The Morgan fingerprint density at radius 2 is 1.92 bits per heavy atom. The monoisotopic (exact) mass is 403 g/mol. The molecule has 146 valence electrons. The number of methoxy groups -OCH3 is 1. The van der Waals surface area contributed by atoms with E-state index in [0.717, 1.165) is 32.6 Å². The molecule has 7 nitrogen and oxygen atoms in total. The molecule has 0 radical (unpaired) electrons. The predicted octanol–water partition coefficient (Wildman–Crippen LogP) is 0.704. The SMILES string of the molecule is COC(=O)c1ccccc1CS(=O)(=O)N1CCC(N2CCNCC2)C1.Cl. The third kappa shape index (κ3) is 4.75. The number of nitrogens with one attached hydrogen (secondary N) is 1. The number of rotatable bonds is 5. The van der Waals surface area contributed by atoms with E-state index < -0.39 is 16.0 Å². The van der Waals surface area contributed by atoms with Gasteiger partial charge < -0.3 is 10.1 Å². The lowest BCUT2D eigenvalue weighted by Gasteiger charge is -2.32. The molecule has 2 fully saturated rings. The van der Waals surface area contributed by atoms with Gasteiger partial charge in [0.2, 0.25) is 10.0 Å². The fourth-order valence-electron chi connectivity index (χ4n) is 3.55. The molecule has 1 atom stereocenters. The summed E-state index contributed by atoms with van der Waals surface area (Å²) in [6.07, 6.45) is 0.859. The van der Waals surface area contributed by atoms with Gasteiger partial charge in [-0.15, -0.1) is 12.4 Å². The Balaban J connectivity index is 0.00000243. The quantitative estimate of drug-likeness (QED) is 0.729. The second-order valence-corrected chi connectivity index (χ2v) is 8.46. The Bertz CT molecular complexity index is 722. The van der Waals surface area contributed by atoms with Crippen molar-refractivity contribution in [2.45, 2.75) is 18.2 Å². The summed E-state index contributed by atoms with van der Waals surface area (Å²) in [5, 5.41) is 3.32. The molecule has 2 aliphatic rings. The van der Waals surface area contributed by atoms with Crippen LogP contribution in [-0.4, -0.2) is 76.0 Å². The van der Waals surface area contributed by atoms with Crippen LogP contribution >= 0.6 is 12.4 Å². The average molecular weight is 404 g/mol. The first-order valence-corrected chi connectivity index (χ1v) is 10.2. The number of sulfonamides is 1. The number of hydrogen-bond acceptors (Lipinski definition) is 6. The van der Waals surface area contributed by atoms with Crippen molar-refractivity contribution in [3.05, 3.63) is 35.4 Å². The minimum absolute atomic E-state index is 0. The maximum Gasteiger partial charge on any atom is 0.338 e. The molecule has 26 heavy (non-hydrogen) atoms. The molecule has 0 aromatic heterocycles. The van der Waals surface area contributed by atoms with Crippen molar-refractivity contribution in [2.75, 3.05) is 46.4 Å². The first kappa shape index (κ1) is 21.1. The number of nitrogens with zero attached hydrogens (tertiary/aromatic N) is 2. The van der Waals surface area contributed by atoms with E-state index in [1.807, 2.05) is 0 Å². The highest BCUT2D eigenvalue weighted by molar-refractivity contribution is 7.88. The van der Waals surface area contributed by atoms with Gasteiger partial charge in [0.05, 0.1) is 18.4 Å². The number of ether oxygens (including phenoxy) is 1. The summed E-state index contributed by atoms with van der Waals surface area (Å²) in [7, 11) is -2.17. The maximum absolute atomic E-state index is 12.8. The highest BCUT2D eigenvalue weighted by Gasteiger charge is 2.35. The third-order valence-electron chi connectivity index (χ3n) is 4.95. The number of piperazine rings is 1. The first-order valence-electron chi connectivity index (χ1n) is 8.60. The molecule has 0 amide bonds. The van der Waals surface area contributed by atoms with Crippen LogP contribution in [-0.2, 0) is 20.5 Å². The number of hydrogen-bond donors (Lipinski definition) is 1. The molecule has 1 aromatic carbocycles. The van der Waals surface area contributed by atoms with Crippen LogP contribution in [0.5, 0.6) is 0 Å². The zero-order valence-electron chi connectivity index (χ0n) is 14.9. The summed E-state index contributed by atoms with van der Waals surface area (Å²) in [5.41, 5.74) is 0.798. The van der Waals surface area contributed by atoms with E-state index >= 15 is 0 Å². The van der Waals surface area contributed by atoms with Crippen molar-refractivity contribution < 1.29 is 17.9 Å². The van der Waals surface area contributed by atoms with Gasteiger partial charge in [-0.1, -0.05) is 18.2 Å². The average Bonchev–Trinajstić information content (AvgIpc) is 3.13. The zero-order chi connectivity index (χ0) is 17.9. The van der Waals surface area contributed by atoms with Crippen LogP contribution in [0.25, 0.3) is 0 Å². The van der Waals surface area contributed by atoms with Crippen molar-refractivity contribution in [1.29, 1.82) is 0 Å². The van der Waals surface area contributed by atoms with Gasteiger partial charge in [0.15, 0.2) is 0 Å². The van der Waals surface area contributed by atoms with E-state index in [-0.39, 0.29) is 24.2 Å². The smallest absolute Gasteiger partial charge is 0.338 e. The fourth-order valence-corrected chi connectivity index (χ4v) is 5.16. The van der Waals surface area contributed by atoms with E-state index in [0.29, 0.717) is 24.2 Å². The summed E-state index contributed by atoms with van der Waals surface area (Å²) in [6.45, 7) is 4.90. The first-order chi connectivity index (χ1) is 12.0. The van der Waals surface area contributed by atoms with E-state index in [4.69, 9.17) is 4.74 Å². The molecule has 1 unspecified atom stereocenters. The molecule has 9 heteroatoms. The van der Waals surface area contributed by atoms with Crippen molar-refractivity contribution in [1.82, 2.24) is 14.5 Å².